The molecular weight excluding hydrogens is 202 g/mol. The molecule has 1 aromatic heterocycles. The van der Waals surface area contributed by atoms with Crippen molar-refractivity contribution in [3.8, 4) is 0 Å². The Bertz CT molecular complexity index is 412. The molecule has 1 aliphatic carbocycles. The number of aromatic nitrogens is 1. The number of fused-ring (bicyclic) bond motifs is 1. The van der Waals surface area contributed by atoms with E-state index in [9.17, 15) is 4.79 Å². The van der Waals surface area contributed by atoms with Crippen LogP contribution in [0, 0.1) is 0 Å². The normalized spacial score (nSPS) is 18.8. The van der Waals surface area contributed by atoms with Crippen molar-refractivity contribution in [2.24, 2.45) is 0 Å². The van der Waals surface area contributed by atoms with Crippen molar-refractivity contribution in [2.75, 3.05) is 0 Å². The number of carboxylic acids is 1. The predicted molar refractivity (Wildman–Crippen MR) is 61.6 cm³/mol. The highest BCUT2D eigenvalue weighted by Crippen LogP contribution is 2.35. The minimum Gasteiger partial charge on any atom is -0.481 e. The maximum Gasteiger partial charge on any atom is 0.303 e. The third kappa shape index (κ3) is 2.08. The Kier molecular flexibility index (Phi) is 2.95. The summed E-state index contributed by atoms with van der Waals surface area (Å²) < 4.78 is 0. The van der Waals surface area contributed by atoms with E-state index >= 15 is 0 Å². The molecule has 0 aliphatic heterocycles. The van der Waals surface area contributed by atoms with Crippen LogP contribution in [0.5, 0.6) is 0 Å². The van der Waals surface area contributed by atoms with E-state index in [1.165, 1.54) is 0 Å². The van der Waals surface area contributed by atoms with Crippen LogP contribution < -0.4 is 0 Å². The summed E-state index contributed by atoms with van der Waals surface area (Å²) in [6, 6.07) is 4.10. The molecule has 0 aromatic carbocycles. The first-order valence-corrected chi connectivity index (χ1v) is 5.79. The van der Waals surface area contributed by atoms with Gasteiger partial charge in [-0.05, 0) is 36.3 Å². The van der Waals surface area contributed by atoms with Crippen molar-refractivity contribution in [1.82, 2.24) is 4.98 Å². The number of carbonyl (C=O) groups is 1. The lowest BCUT2D eigenvalue weighted by Gasteiger charge is -2.10. The monoisotopic (exact) mass is 219 g/mol. The van der Waals surface area contributed by atoms with E-state index in [-0.39, 0.29) is 12.3 Å². The number of carboxylic acid groups (broad SMARTS) is 1. The van der Waals surface area contributed by atoms with Gasteiger partial charge in [-0.25, -0.2) is 0 Å². The summed E-state index contributed by atoms with van der Waals surface area (Å²) >= 11 is 0. The molecule has 0 saturated heterocycles. The predicted octanol–water partition coefficient (Wildman–Crippen LogP) is 2.71. The molecule has 1 N–H and O–H groups in total. The third-order valence-electron chi connectivity index (χ3n) is 3.21. The maximum absolute atomic E-state index is 10.7. The molecule has 1 unspecified atom stereocenters. The molecule has 0 fully saturated rings. The molecule has 1 heterocycles. The minimum absolute atomic E-state index is 0.168. The molecule has 1 atom stereocenters. The summed E-state index contributed by atoms with van der Waals surface area (Å²) in [6.07, 6.45) is 2.08. The molecule has 3 nitrogen and oxygen atoms in total. The van der Waals surface area contributed by atoms with Gasteiger partial charge in [-0.15, -0.1) is 0 Å². The van der Waals surface area contributed by atoms with Crippen LogP contribution in [0.1, 0.15) is 55.5 Å². The lowest BCUT2D eigenvalue weighted by atomic mass is 9.98. The van der Waals surface area contributed by atoms with Crippen molar-refractivity contribution in [3.05, 3.63) is 29.1 Å². The van der Waals surface area contributed by atoms with E-state index in [2.05, 4.69) is 24.9 Å². The smallest absolute Gasteiger partial charge is 0.303 e. The molecule has 1 aromatic rings. The van der Waals surface area contributed by atoms with Gasteiger partial charge in [0.15, 0.2) is 0 Å². The Labute approximate surface area is 95.5 Å². The average Bonchev–Trinajstić information content (AvgIpc) is 2.60. The number of hydrogen-bond acceptors (Lipinski definition) is 2. The van der Waals surface area contributed by atoms with Crippen LogP contribution in [0.25, 0.3) is 0 Å². The lowest BCUT2D eigenvalue weighted by Crippen LogP contribution is -2.04. The van der Waals surface area contributed by atoms with Gasteiger partial charge in [-0.3, -0.25) is 9.78 Å². The highest BCUT2D eigenvalue weighted by Gasteiger charge is 2.25. The van der Waals surface area contributed by atoms with Crippen LogP contribution in [0.2, 0.25) is 0 Å². The highest BCUT2D eigenvalue weighted by molar-refractivity contribution is 5.68. The fourth-order valence-corrected chi connectivity index (χ4v) is 2.31. The first kappa shape index (κ1) is 11.1. The van der Waals surface area contributed by atoms with Crippen LogP contribution in [0.3, 0.4) is 0 Å². The van der Waals surface area contributed by atoms with Crippen LogP contribution in [0.15, 0.2) is 12.1 Å². The van der Waals surface area contributed by atoms with Gasteiger partial charge in [0.05, 0.1) is 6.42 Å². The average molecular weight is 219 g/mol. The standard InChI is InChI=1S/C13H17NO2/c1-8(2)11-6-4-10-9(7-13(15)16)3-5-12(10)14-11/h4,6,8-9H,3,5,7H2,1-2H3,(H,15,16). The van der Waals surface area contributed by atoms with Crippen LogP contribution >= 0.6 is 0 Å². The van der Waals surface area contributed by atoms with Gasteiger partial charge >= 0.3 is 5.97 Å². The molecule has 2 rings (SSSR count). The zero-order valence-electron chi connectivity index (χ0n) is 9.73. The molecule has 0 spiro atoms. The molecule has 0 saturated carbocycles. The van der Waals surface area contributed by atoms with E-state index in [1.807, 2.05) is 6.07 Å². The molecule has 16 heavy (non-hydrogen) atoms. The highest BCUT2D eigenvalue weighted by atomic mass is 16.4. The topological polar surface area (TPSA) is 50.2 Å². The maximum atomic E-state index is 10.7. The number of pyridine rings is 1. The van der Waals surface area contributed by atoms with Crippen molar-refractivity contribution in [2.45, 2.75) is 44.9 Å². The molecular formula is C13H17NO2. The summed E-state index contributed by atoms with van der Waals surface area (Å²) in [4.78, 5) is 15.3. The van der Waals surface area contributed by atoms with Gasteiger partial charge in [-0.2, -0.15) is 0 Å². The summed E-state index contributed by atoms with van der Waals surface area (Å²) in [5.41, 5.74) is 3.36. The van der Waals surface area contributed by atoms with Crippen molar-refractivity contribution in [1.29, 1.82) is 0 Å². The van der Waals surface area contributed by atoms with Gasteiger partial charge in [-0.1, -0.05) is 19.9 Å². The second kappa shape index (κ2) is 4.24. The summed E-state index contributed by atoms with van der Waals surface area (Å²) in [6.45, 7) is 4.25. The second-order valence-electron chi connectivity index (χ2n) is 4.76. The molecule has 0 bridgehead atoms. The van der Waals surface area contributed by atoms with Gasteiger partial charge < -0.3 is 5.11 Å². The second-order valence-corrected chi connectivity index (χ2v) is 4.76. The summed E-state index contributed by atoms with van der Waals surface area (Å²) in [7, 11) is 0. The number of rotatable bonds is 3. The van der Waals surface area contributed by atoms with E-state index in [0.717, 1.165) is 29.8 Å². The lowest BCUT2D eigenvalue weighted by molar-refractivity contribution is -0.137. The Morgan fingerprint density at radius 1 is 1.56 bits per heavy atom. The summed E-state index contributed by atoms with van der Waals surface area (Å²) in [5.74, 6) is -0.115. The van der Waals surface area contributed by atoms with Crippen LogP contribution in [-0.2, 0) is 11.2 Å². The Hall–Kier alpha value is -1.38. The van der Waals surface area contributed by atoms with E-state index in [0.29, 0.717) is 5.92 Å². The Morgan fingerprint density at radius 3 is 2.94 bits per heavy atom. The van der Waals surface area contributed by atoms with Gasteiger partial charge in [0.1, 0.15) is 0 Å². The quantitative estimate of drug-likeness (QED) is 0.850. The minimum atomic E-state index is -0.717. The summed E-state index contributed by atoms with van der Waals surface area (Å²) in [5, 5.41) is 8.82. The van der Waals surface area contributed by atoms with Crippen molar-refractivity contribution in [3.63, 3.8) is 0 Å². The molecule has 0 radical (unpaired) electrons. The number of nitrogens with zero attached hydrogens (tertiary/aromatic N) is 1. The fraction of sp³-hybridized carbons (Fsp3) is 0.538. The van der Waals surface area contributed by atoms with Crippen molar-refractivity contribution >= 4 is 5.97 Å². The number of hydrogen-bond donors (Lipinski definition) is 1. The number of aryl methyl sites for hydroxylation is 1. The van der Waals surface area contributed by atoms with Crippen LogP contribution in [0.4, 0.5) is 0 Å². The van der Waals surface area contributed by atoms with Gasteiger partial charge in [0.2, 0.25) is 0 Å². The van der Waals surface area contributed by atoms with Gasteiger partial charge in [0, 0.05) is 11.4 Å². The molecule has 0 amide bonds. The Balaban J connectivity index is 2.25. The van der Waals surface area contributed by atoms with E-state index < -0.39 is 5.97 Å². The van der Waals surface area contributed by atoms with E-state index in [1.54, 1.807) is 0 Å². The zero-order chi connectivity index (χ0) is 11.7. The zero-order valence-corrected chi connectivity index (χ0v) is 9.73. The first-order chi connectivity index (χ1) is 7.58. The third-order valence-corrected chi connectivity index (χ3v) is 3.21. The largest absolute Gasteiger partial charge is 0.481 e. The fourth-order valence-electron chi connectivity index (χ4n) is 2.31. The molecule has 3 heteroatoms. The SMILES string of the molecule is CC(C)c1ccc2c(n1)CCC2CC(=O)O. The van der Waals surface area contributed by atoms with Crippen molar-refractivity contribution < 1.29 is 9.90 Å². The molecule has 1 aliphatic rings. The number of aliphatic carboxylic acids is 1. The van der Waals surface area contributed by atoms with E-state index in [4.69, 9.17) is 5.11 Å². The molecule has 86 valence electrons. The van der Waals surface area contributed by atoms with Gasteiger partial charge in [0.25, 0.3) is 0 Å². The van der Waals surface area contributed by atoms with Crippen LogP contribution in [-0.4, -0.2) is 16.1 Å². The Morgan fingerprint density at radius 2 is 2.31 bits per heavy atom. The first-order valence-electron chi connectivity index (χ1n) is 5.79.